The van der Waals surface area contributed by atoms with Crippen LogP contribution in [-0.2, 0) is 20.6 Å². The lowest BCUT2D eigenvalue weighted by molar-refractivity contribution is -0.126. The van der Waals surface area contributed by atoms with E-state index >= 15 is 0 Å². The Hall–Kier alpha value is -1.60. The number of halogens is 2. The fourth-order valence-electron chi connectivity index (χ4n) is 3.74. The molecule has 5 nitrogen and oxygen atoms in total. The van der Waals surface area contributed by atoms with Crippen LogP contribution in [0.3, 0.4) is 0 Å². The number of sulfonamides is 1. The van der Waals surface area contributed by atoms with E-state index in [-0.39, 0.29) is 30.2 Å². The third-order valence-corrected chi connectivity index (χ3v) is 7.96. The van der Waals surface area contributed by atoms with Gasteiger partial charge in [0.05, 0.1) is 27.8 Å². The maximum Gasteiger partial charge on any atom is 0.224 e. The lowest BCUT2D eigenvalue weighted by atomic mass is 9.97. The minimum Gasteiger partial charge on any atom is -0.349 e. The summed E-state index contributed by atoms with van der Waals surface area (Å²) in [4.78, 5) is 12.9. The number of hydrogen-bond donors (Lipinski definition) is 1. The first-order valence-corrected chi connectivity index (χ1v) is 12.4. The van der Waals surface area contributed by atoms with E-state index in [1.165, 1.54) is 4.31 Å². The standard InChI is InChI=1S/C22H26Cl2N2O3S/c1-2-21(17-7-4-3-5-8-17)25-22(27)18-9-6-12-26(14-18)30(28,29)15-16-10-11-19(23)20(24)13-16/h3-5,7-8,10-11,13,18,21H,2,6,9,12,14-15H2,1H3,(H,25,27). The van der Waals surface area contributed by atoms with Crippen LogP contribution in [0.25, 0.3) is 0 Å². The van der Waals surface area contributed by atoms with Crippen molar-refractivity contribution in [2.75, 3.05) is 13.1 Å². The van der Waals surface area contributed by atoms with Gasteiger partial charge in [-0.25, -0.2) is 12.7 Å². The Morgan fingerprint density at radius 3 is 2.57 bits per heavy atom. The molecule has 8 heteroatoms. The van der Waals surface area contributed by atoms with Crippen LogP contribution in [0.5, 0.6) is 0 Å². The predicted molar refractivity (Wildman–Crippen MR) is 121 cm³/mol. The molecule has 30 heavy (non-hydrogen) atoms. The topological polar surface area (TPSA) is 66.5 Å². The Kier molecular flexibility index (Phi) is 7.80. The second kappa shape index (κ2) is 10.1. The number of amides is 1. The zero-order valence-corrected chi connectivity index (χ0v) is 19.2. The number of hydrogen-bond acceptors (Lipinski definition) is 3. The molecular formula is C22H26Cl2N2O3S. The predicted octanol–water partition coefficient (Wildman–Crippen LogP) is 4.80. The normalized spacial score (nSPS) is 18.7. The highest BCUT2D eigenvalue weighted by molar-refractivity contribution is 7.88. The van der Waals surface area contributed by atoms with E-state index < -0.39 is 10.0 Å². The summed E-state index contributed by atoms with van der Waals surface area (Å²) in [5, 5.41) is 3.81. The van der Waals surface area contributed by atoms with Crippen LogP contribution >= 0.6 is 23.2 Å². The van der Waals surface area contributed by atoms with Crippen molar-refractivity contribution in [3.05, 3.63) is 69.7 Å². The smallest absolute Gasteiger partial charge is 0.224 e. The van der Waals surface area contributed by atoms with Crippen LogP contribution < -0.4 is 5.32 Å². The number of nitrogens with zero attached hydrogens (tertiary/aromatic N) is 1. The van der Waals surface area contributed by atoms with E-state index in [4.69, 9.17) is 23.2 Å². The number of piperidine rings is 1. The second-order valence-electron chi connectivity index (χ2n) is 7.58. The molecule has 1 heterocycles. The lowest BCUT2D eigenvalue weighted by Gasteiger charge is -2.32. The van der Waals surface area contributed by atoms with Gasteiger partial charge in [-0.3, -0.25) is 4.79 Å². The molecule has 0 aromatic heterocycles. The SMILES string of the molecule is CCC(NC(=O)C1CCCN(S(=O)(=O)Cc2ccc(Cl)c(Cl)c2)C1)c1ccccc1. The average molecular weight is 469 g/mol. The van der Waals surface area contributed by atoms with Gasteiger partial charge in [0.2, 0.25) is 15.9 Å². The summed E-state index contributed by atoms with van der Waals surface area (Å²) in [5.74, 6) is -0.625. The summed E-state index contributed by atoms with van der Waals surface area (Å²) in [6.07, 6.45) is 2.10. The van der Waals surface area contributed by atoms with Gasteiger partial charge in [-0.2, -0.15) is 0 Å². The minimum absolute atomic E-state index is 0.0816. The summed E-state index contributed by atoms with van der Waals surface area (Å²) in [6.45, 7) is 2.64. The molecule has 3 rings (SSSR count). The minimum atomic E-state index is -3.57. The third kappa shape index (κ3) is 5.76. The molecule has 2 aromatic carbocycles. The first-order chi connectivity index (χ1) is 14.3. The molecule has 0 radical (unpaired) electrons. The van der Waals surface area contributed by atoms with Crippen molar-refractivity contribution >= 4 is 39.1 Å². The van der Waals surface area contributed by atoms with E-state index in [1.54, 1.807) is 18.2 Å². The van der Waals surface area contributed by atoms with Crippen molar-refractivity contribution in [1.82, 2.24) is 9.62 Å². The molecule has 0 spiro atoms. The van der Waals surface area contributed by atoms with Gasteiger partial charge in [0, 0.05) is 13.1 Å². The van der Waals surface area contributed by atoms with Crippen LogP contribution in [0.2, 0.25) is 10.0 Å². The first kappa shape index (κ1) is 23.1. The van der Waals surface area contributed by atoms with Gasteiger partial charge in [0.15, 0.2) is 0 Å². The van der Waals surface area contributed by atoms with Crippen molar-refractivity contribution in [2.45, 2.75) is 38.0 Å². The van der Waals surface area contributed by atoms with Crippen molar-refractivity contribution < 1.29 is 13.2 Å². The molecule has 0 bridgehead atoms. The fraction of sp³-hybridized carbons (Fsp3) is 0.409. The number of carbonyl (C=O) groups excluding carboxylic acids is 1. The summed E-state index contributed by atoms with van der Waals surface area (Å²) >= 11 is 11.9. The van der Waals surface area contributed by atoms with E-state index in [2.05, 4.69) is 5.32 Å². The number of rotatable bonds is 7. The lowest BCUT2D eigenvalue weighted by Crippen LogP contribution is -2.46. The number of nitrogens with one attached hydrogen (secondary N) is 1. The Labute approximate surface area is 188 Å². The summed E-state index contributed by atoms with van der Waals surface area (Å²) in [6, 6.07) is 14.6. The van der Waals surface area contributed by atoms with E-state index in [1.807, 2.05) is 37.3 Å². The molecule has 1 aliphatic heterocycles. The van der Waals surface area contributed by atoms with Gasteiger partial charge < -0.3 is 5.32 Å². The number of carbonyl (C=O) groups is 1. The quantitative estimate of drug-likeness (QED) is 0.634. The van der Waals surface area contributed by atoms with E-state index in [0.29, 0.717) is 35.0 Å². The zero-order chi connectivity index (χ0) is 21.7. The van der Waals surface area contributed by atoms with E-state index in [9.17, 15) is 13.2 Å². The molecule has 2 atom stereocenters. The Morgan fingerprint density at radius 1 is 1.17 bits per heavy atom. The highest BCUT2D eigenvalue weighted by Gasteiger charge is 2.33. The monoisotopic (exact) mass is 468 g/mol. The molecule has 0 saturated carbocycles. The fourth-order valence-corrected chi connectivity index (χ4v) is 5.65. The zero-order valence-electron chi connectivity index (χ0n) is 16.9. The maximum atomic E-state index is 12.9. The van der Waals surface area contributed by atoms with Crippen LogP contribution in [0.1, 0.15) is 43.4 Å². The largest absolute Gasteiger partial charge is 0.349 e. The molecular weight excluding hydrogens is 443 g/mol. The molecule has 162 valence electrons. The van der Waals surface area contributed by atoms with Gasteiger partial charge in [-0.15, -0.1) is 0 Å². The summed E-state index contributed by atoms with van der Waals surface area (Å²) < 4.78 is 27.3. The highest BCUT2D eigenvalue weighted by Crippen LogP contribution is 2.26. The van der Waals surface area contributed by atoms with Gasteiger partial charge in [0.25, 0.3) is 0 Å². The van der Waals surface area contributed by atoms with Crippen molar-refractivity contribution in [3.63, 3.8) is 0 Å². The Morgan fingerprint density at radius 2 is 1.90 bits per heavy atom. The molecule has 1 amide bonds. The first-order valence-electron chi connectivity index (χ1n) is 10.1. The van der Waals surface area contributed by atoms with Crippen LogP contribution in [0, 0.1) is 5.92 Å². The van der Waals surface area contributed by atoms with Gasteiger partial charge in [0.1, 0.15) is 0 Å². The molecule has 2 aromatic rings. The Balaban J connectivity index is 1.66. The van der Waals surface area contributed by atoms with Gasteiger partial charge in [-0.05, 0) is 42.5 Å². The summed E-state index contributed by atoms with van der Waals surface area (Å²) in [5.41, 5.74) is 1.62. The molecule has 2 unspecified atom stereocenters. The van der Waals surface area contributed by atoms with Crippen molar-refractivity contribution in [2.24, 2.45) is 5.92 Å². The third-order valence-electron chi connectivity index (χ3n) is 5.41. The highest BCUT2D eigenvalue weighted by atomic mass is 35.5. The molecule has 0 aliphatic carbocycles. The van der Waals surface area contributed by atoms with E-state index in [0.717, 1.165) is 12.0 Å². The second-order valence-corrected chi connectivity index (χ2v) is 10.4. The van der Waals surface area contributed by atoms with Crippen LogP contribution in [0.4, 0.5) is 0 Å². The van der Waals surface area contributed by atoms with Crippen LogP contribution in [-0.4, -0.2) is 31.7 Å². The van der Waals surface area contributed by atoms with Crippen LogP contribution in [0.15, 0.2) is 48.5 Å². The molecule has 1 saturated heterocycles. The van der Waals surface area contributed by atoms with Crippen molar-refractivity contribution in [3.8, 4) is 0 Å². The molecule has 1 N–H and O–H groups in total. The molecule has 1 fully saturated rings. The van der Waals surface area contributed by atoms with Gasteiger partial charge in [-0.1, -0.05) is 66.5 Å². The number of benzene rings is 2. The maximum absolute atomic E-state index is 12.9. The average Bonchev–Trinajstić information content (AvgIpc) is 2.75. The van der Waals surface area contributed by atoms with Gasteiger partial charge >= 0.3 is 0 Å². The van der Waals surface area contributed by atoms with Crippen molar-refractivity contribution in [1.29, 1.82) is 0 Å². The summed E-state index contributed by atoms with van der Waals surface area (Å²) in [7, 11) is -3.57. The Bertz CT molecular complexity index is 983. The molecule has 1 aliphatic rings.